The first-order chi connectivity index (χ1) is 6.55. The third kappa shape index (κ3) is 2.13. The van der Waals surface area contributed by atoms with Crippen LogP contribution in [0.5, 0.6) is 0 Å². The van der Waals surface area contributed by atoms with Crippen LogP contribution in [-0.4, -0.2) is 28.3 Å². The monoisotopic (exact) mass is 211 g/mol. The SMILES string of the molecule is CC(C)(C)C1C(=O)N=C(N)N1C(C)(C)C. The molecule has 1 unspecified atom stereocenters. The van der Waals surface area contributed by atoms with Crippen LogP contribution in [0.15, 0.2) is 4.99 Å². The Hall–Kier alpha value is -1.06. The van der Waals surface area contributed by atoms with Gasteiger partial charge < -0.3 is 10.6 Å². The molecule has 0 aromatic heterocycles. The highest BCUT2D eigenvalue weighted by Gasteiger charge is 2.46. The second-order valence-electron chi connectivity index (χ2n) is 6.12. The maximum Gasteiger partial charge on any atom is 0.272 e. The Bertz CT molecular complexity index is 307. The highest BCUT2D eigenvalue weighted by atomic mass is 16.2. The van der Waals surface area contributed by atoms with E-state index in [0.717, 1.165) is 0 Å². The molecule has 1 atom stereocenters. The molecule has 4 nitrogen and oxygen atoms in total. The third-order valence-corrected chi connectivity index (χ3v) is 2.51. The van der Waals surface area contributed by atoms with Gasteiger partial charge in [-0.1, -0.05) is 20.8 Å². The summed E-state index contributed by atoms with van der Waals surface area (Å²) in [6.07, 6.45) is 0. The zero-order chi connectivity index (χ0) is 12.0. The number of amides is 1. The number of hydrogen-bond acceptors (Lipinski definition) is 3. The molecule has 1 heterocycles. The molecule has 15 heavy (non-hydrogen) atoms. The fraction of sp³-hybridized carbons (Fsp3) is 0.818. The van der Waals surface area contributed by atoms with E-state index in [9.17, 15) is 4.79 Å². The number of rotatable bonds is 0. The molecule has 4 heteroatoms. The van der Waals surface area contributed by atoms with Crippen LogP contribution >= 0.6 is 0 Å². The molecule has 86 valence electrons. The summed E-state index contributed by atoms with van der Waals surface area (Å²) in [7, 11) is 0. The van der Waals surface area contributed by atoms with Crippen molar-refractivity contribution in [2.24, 2.45) is 16.1 Å². The smallest absolute Gasteiger partial charge is 0.272 e. The molecule has 1 rings (SSSR count). The van der Waals surface area contributed by atoms with Crippen molar-refractivity contribution in [3.8, 4) is 0 Å². The van der Waals surface area contributed by atoms with Crippen molar-refractivity contribution in [2.45, 2.75) is 53.1 Å². The summed E-state index contributed by atoms with van der Waals surface area (Å²) in [5, 5.41) is 0. The fourth-order valence-electron chi connectivity index (χ4n) is 1.96. The van der Waals surface area contributed by atoms with Crippen LogP contribution in [-0.2, 0) is 4.79 Å². The number of guanidine groups is 1. The van der Waals surface area contributed by atoms with Crippen LogP contribution in [0.2, 0.25) is 0 Å². The number of nitrogens with zero attached hydrogens (tertiary/aromatic N) is 2. The number of aliphatic imine (C=N–C) groups is 1. The van der Waals surface area contributed by atoms with Crippen molar-refractivity contribution in [3.05, 3.63) is 0 Å². The van der Waals surface area contributed by atoms with E-state index in [0.29, 0.717) is 5.96 Å². The minimum atomic E-state index is -0.252. The van der Waals surface area contributed by atoms with Crippen LogP contribution in [0.25, 0.3) is 0 Å². The van der Waals surface area contributed by atoms with Gasteiger partial charge in [0.1, 0.15) is 6.04 Å². The predicted molar refractivity (Wildman–Crippen MR) is 61.5 cm³/mol. The largest absolute Gasteiger partial charge is 0.369 e. The van der Waals surface area contributed by atoms with Gasteiger partial charge in [0.25, 0.3) is 5.91 Å². The van der Waals surface area contributed by atoms with Crippen LogP contribution < -0.4 is 5.73 Å². The molecular weight excluding hydrogens is 190 g/mol. The maximum atomic E-state index is 11.8. The zero-order valence-electron chi connectivity index (χ0n) is 10.5. The summed E-state index contributed by atoms with van der Waals surface area (Å²) in [6.45, 7) is 12.2. The summed E-state index contributed by atoms with van der Waals surface area (Å²) < 4.78 is 0. The normalized spacial score (nSPS) is 23.3. The predicted octanol–water partition coefficient (Wildman–Crippen LogP) is 1.36. The molecule has 0 saturated heterocycles. The highest BCUT2D eigenvalue weighted by Crippen LogP contribution is 2.33. The van der Waals surface area contributed by atoms with Crippen LogP contribution in [0.4, 0.5) is 0 Å². The van der Waals surface area contributed by atoms with Crippen molar-refractivity contribution in [3.63, 3.8) is 0 Å². The Morgan fingerprint density at radius 3 is 1.93 bits per heavy atom. The van der Waals surface area contributed by atoms with Gasteiger partial charge in [-0.2, -0.15) is 4.99 Å². The van der Waals surface area contributed by atoms with Crippen molar-refractivity contribution >= 4 is 11.9 Å². The van der Waals surface area contributed by atoms with E-state index < -0.39 is 0 Å². The Labute approximate surface area is 91.5 Å². The van der Waals surface area contributed by atoms with E-state index in [4.69, 9.17) is 5.73 Å². The summed E-state index contributed by atoms with van der Waals surface area (Å²) >= 11 is 0. The quantitative estimate of drug-likeness (QED) is 0.658. The van der Waals surface area contributed by atoms with Crippen molar-refractivity contribution in [1.29, 1.82) is 0 Å². The molecular formula is C11H21N3O. The maximum absolute atomic E-state index is 11.8. The average molecular weight is 211 g/mol. The molecule has 1 amide bonds. The van der Waals surface area contributed by atoms with Gasteiger partial charge in [0, 0.05) is 5.54 Å². The minimum Gasteiger partial charge on any atom is -0.369 e. The van der Waals surface area contributed by atoms with E-state index in [1.54, 1.807) is 0 Å². The first-order valence-corrected chi connectivity index (χ1v) is 5.22. The van der Waals surface area contributed by atoms with Crippen molar-refractivity contribution in [2.75, 3.05) is 0 Å². The highest BCUT2D eigenvalue weighted by molar-refractivity contribution is 6.03. The topological polar surface area (TPSA) is 58.7 Å². The Kier molecular flexibility index (Phi) is 2.58. The van der Waals surface area contributed by atoms with Crippen LogP contribution in [0.1, 0.15) is 41.5 Å². The number of carbonyl (C=O) groups excluding carboxylic acids is 1. The summed E-state index contributed by atoms with van der Waals surface area (Å²) in [5.74, 6) is 0.211. The first kappa shape index (κ1) is 12.0. The van der Waals surface area contributed by atoms with E-state index in [1.807, 2.05) is 46.4 Å². The molecule has 0 aliphatic carbocycles. The molecule has 0 radical (unpaired) electrons. The molecule has 0 bridgehead atoms. The van der Waals surface area contributed by atoms with Gasteiger partial charge >= 0.3 is 0 Å². The average Bonchev–Trinajstić information content (AvgIpc) is 2.22. The molecule has 0 spiro atoms. The lowest BCUT2D eigenvalue weighted by Gasteiger charge is -2.42. The van der Waals surface area contributed by atoms with Gasteiger partial charge in [-0.05, 0) is 26.2 Å². The van der Waals surface area contributed by atoms with Gasteiger partial charge in [0.05, 0.1) is 0 Å². The second-order valence-corrected chi connectivity index (χ2v) is 6.12. The van der Waals surface area contributed by atoms with E-state index in [-0.39, 0.29) is 22.9 Å². The Morgan fingerprint density at radius 2 is 1.67 bits per heavy atom. The zero-order valence-corrected chi connectivity index (χ0v) is 10.5. The molecule has 0 fully saturated rings. The third-order valence-electron chi connectivity index (χ3n) is 2.51. The van der Waals surface area contributed by atoms with Gasteiger partial charge in [0.2, 0.25) is 0 Å². The lowest BCUT2D eigenvalue weighted by atomic mass is 9.84. The van der Waals surface area contributed by atoms with Gasteiger partial charge in [-0.25, -0.2) is 0 Å². The summed E-state index contributed by atoms with van der Waals surface area (Å²) in [6, 6.07) is -0.252. The molecule has 0 aromatic rings. The first-order valence-electron chi connectivity index (χ1n) is 5.22. The summed E-state index contributed by atoms with van der Waals surface area (Å²) in [4.78, 5) is 17.6. The molecule has 0 saturated carbocycles. The second kappa shape index (κ2) is 3.22. The molecule has 2 N–H and O–H groups in total. The fourth-order valence-corrected chi connectivity index (χ4v) is 1.96. The minimum absolute atomic E-state index is 0.130. The number of carbonyl (C=O) groups is 1. The lowest BCUT2D eigenvalue weighted by molar-refractivity contribution is -0.124. The van der Waals surface area contributed by atoms with Gasteiger partial charge in [-0.3, -0.25) is 4.79 Å². The van der Waals surface area contributed by atoms with Gasteiger partial charge in [-0.15, -0.1) is 0 Å². The number of nitrogens with two attached hydrogens (primary N) is 1. The van der Waals surface area contributed by atoms with Crippen molar-refractivity contribution in [1.82, 2.24) is 4.90 Å². The van der Waals surface area contributed by atoms with E-state index >= 15 is 0 Å². The summed E-state index contributed by atoms with van der Waals surface area (Å²) in [5.41, 5.74) is 5.46. The van der Waals surface area contributed by atoms with E-state index in [1.165, 1.54) is 0 Å². The Balaban J connectivity index is 3.13. The lowest BCUT2D eigenvalue weighted by Crippen LogP contribution is -2.56. The standard InChI is InChI=1S/C11H21N3O/c1-10(2,3)7-8(15)13-9(12)14(7)11(4,5)6/h7H,1-6H3,(H2,12,13,15). The van der Waals surface area contributed by atoms with Crippen molar-refractivity contribution < 1.29 is 4.79 Å². The van der Waals surface area contributed by atoms with E-state index in [2.05, 4.69) is 4.99 Å². The van der Waals surface area contributed by atoms with Gasteiger partial charge in [0.15, 0.2) is 5.96 Å². The molecule has 1 aliphatic rings. The molecule has 0 aromatic carbocycles. The molecule has 1 aliphatic heterocycles. The van der Waals surface area contributed by atoms with Crippen LogP contribution in [0, 0.1) is 5.41 Å². The van der Waals surface area contributed by atoms with Crippen LogP contribution in [0.3, 0.4) is 0 Å². The Morgan fingerprint density at radius 1 is 1.20 bits per heavy atom. The number of hydrogen-bond donors (Lipinski definition) is 1.